The Bertz CT molecular complexity index is 528. The van der Waals surface area contributed by atoms with Crippen molar-refractivity contribution in [1.82, 2.24) is 14.4 Å². The van der Waals surface area contributed by atoms with Crippen LogP contribution in [0.5, 0.6) is 0 Å². The van der Waals surface area contributed by atoms with Gasteiger partial charge in [-0.25, -0.2) is 0 Å². The maximum atomic E-state index is 12.5. The van der Waals surface area contributed by atoms with Crippen LogP contribution in [0.4, 0.5) is 0 Å². The molecule has 1 amide bonds. The van der Waals surface area contributed by atoms with E-state index in [2.05, 4.69) is 4.90 Å². The van der Waals surface area contributed by atoms with Crippen LogP contribution in [0.2, 0.25) is 5.02 Å². The molecule has 0 aromatic carbocycles. The normalized spacial score (nSPS) is 18.5. The highest BCUT2D eigenvalue weighted by Crippen LogP contribution is 2.21. The molecule has 0 radical (unpaired) electrons. The first-order chi connectivity index (χ1) is 10.2. The fourth-order valence-corrected chi connectivity index (χ4v) is 2.80. The maximum absolute atomic E-state index is 12.5. The summed E-state index contributed by atoms with van der Waals surface area (Å²) in [6, 6.07) is 1.71. The van der Waals surface area contributed by atoms with Crippen LogP contribution in [-0.2, 0) is 7.05 Å². The highest BCUT2D eigenvalue weighted by molar-refractivity contribution is 6.31. The molecule has 1 aliphatic rings. The van der Waals surface area contributed by atoms with E-state index in [1.54, 1.807) is 16.8 Å². The lowest BCUT2D eigenvalue weighted by Crippen LogP contribution is -2.51. The fourth-order valence-electron chi connectivity index (χ4n) is 2.55. The van der Waals surface area contributed by atoms with Crippen LogP contribution in [0.1, 0.15) is 31.3 Å². The summed E-state index contributed by atoms with van der Waals surface area (Å²) in [5.74, 6) is 0.0189. The average Bonchev–Trinajstić information content (AvgIpc) is 2.76. The number of piperazine rings is 1. The number of nitrogens with zero attached hydrogens (tertiary/aromatic N) is 3. The van der Waals surface area contributed by atoms with Gasteiger partial charge in [0.25, 0.3) is 5.91 Å². The third-order valence-electron chi connectivity index (χ3n) is 4.28. The van der Waals surface area contributed by atoms with Crippen LogP contribution in [0.3, 0.4) is 0 Å². The molecule has 0 spiro atoms. The first-order valence-corrected chi connectivity index (χ1v) is 8.08. The number of aliphatic hydroxyl groups is 1. The number of aryl methyl sites for hydroxylation is 1. The summed E-state index contributed by atoms with van der Waals surface area (Å²) in [6.45, 7) is 9.70. The van der Waals surface area contributed by atoms with E-state index in [0.29, 0.717) is 30.4 Å². The lowest BCUT2D eigenvalue weighted by atomic mass is 9.89. The Morgan fingerprint density at radius 3 is 2.36 bits per heavy atom. The SMILES string of the molecule is Cn1cc(Cl)cc1C(=O)N1CCN(CC(O)C(C)(C)C)CC1. The number of aromatic nitrogens is 1. The zero-order valence-electron chi connectivity index (χ0n) is 13.8. The molecule has 1 unspecified atom stereocenters. The molecule has 1 saturated heterocycles. The van der Waals surface area contributed by atoms with Crippen LogP contribution >= 0.6 is 11.6 Å². The number of rotatable bonds is 3. The fraction of sp³-hybridized carbons (Fsp3) is 0.688. The zero-order chi connectivity index (χ0) is 16.5. The van der Waals surface area contributed by atoms with Gasteiger partial charge in [-0.05, 0) is 11.5 Å². The lowest BCUT2D eigenvalue weighted by Gasteiger charge is -2.38. The molecule has 2 rings (SSSR count). The molecule has 1 N–H and O–H groups in total. The Balaban J connectivity index is 1.89. The van der Waals surface area contributed by atoms with Crippen molar-refractivity contribution in [3.8, 4) is 0 Å². The molecule has 0 saturated carbocycles. The Kier molecular flexibility index (Phi) is 5.20. The van der Waals surface area contributed by atoms with Gasteiger partial charge in [-0.3, -0.25) is 9.69 Å². The minimum absolute atomic E-state index is 0.0189. The number of aliphatic hydroxyl groups excluding tert-OH is 1. The Morgan fingerprint density at radius 1 is 1.32 bits per heavy atom. The second-order valence-corrected chi connectivity index (χ2v) is 7.57. The van der Waals surface area contributed by atoms with Gasteiger partial charge < -0.3 is 14.6 Å². The summed E-state index contributed by atoms with van der Waals surface area (Å²) in [4.78, 5) is 16.6. The molecular weight excluding hydrogens is 302 g/mol. The van der Waals surface area contributed by atoms with E-state index >= 15 is 0 Å². The van der Waals surface area contributed by atoms with Crippen molar-refractivity contribution >= 4 is 17.5 Å². The van der Waals surface area contributed by atoms with E-state index in [9.17, 15) is 9.90 Å². The molecule has 0 aliphatic carbocycles. The zero-order valence-corrected chi connectivity index (χ0v) is 14.6. The van der Waals surface area contributed by atoms with Gasteiger partial charge >= 0.3 is 0 Å². The van der Waals surface area contributed by atoms with Crippen molar-refractivity contribution in [1.29, 1.82) is 0 Å². The summed E-state index contributed by atoms with van der Waals surface area (Å²) in [6.07, 6.45) is 1.38. The van der Waals surface area contributed by atoms with Crippen LogP contribution in [0.25, 0.3) is 0 Å². The molecule has 6 heteroatoms. The summed E-state index contributed by atoms with van der Waals surface area (Å²) in [7, 11) is 1.83. The van der Waals surface area contributed by atoms with Crippen molar-refractivity contribution in [2.24, 2.45) is 12.5 Å². The van der Waals surface area contributed by atoms with Crippen molar-refractivity contribution in [2.45, 2.75) is 26.9 Å². The molecular formula is C16H26ClN3O2. The maximum Gasteiger partial charge on any atom is 0.270 e. The standard InChI is InChI=1S/C16H26ClN3O2/c1-16(2,3)14(21)11-19-5-7-20(8-6-19)15(22)13-9-12(17)10-18(13)4/h9-10,14,21H,5-8,11H2,1-4H3. The van der Waals surface area contributed by atoms with Crippen LogP contribution in [-0.4, -0.2) is 64.2 Å². The highest BCUT2D eigenvalue weighted by atomic mass is 35.5. The van der Waals surface area contributed by atoms with Crippen molar-refractivity contribution in [3.63, 3.8) is 0 Å². The molecule has 2 heterocycles. The van der Waals surface area contributed by atoms with E-state index in [-0.39, 0.29) is 17.4 Å². The second kappa shape index (κ2) is 6.60. The Labute approximate surface area is 137 Å². The van der Waals surface area contributed by atoms with Crippen molar-refractivity contribution in [2.75, 3.05) is 32.7 Å². The first kappa shape index (κ1) is 17.3. The number of hydrogen-bond donors (Lipinski definition) is 1. The number of halogens is 1. The van der Waals surface area contributed by atoms with Gasteiger partial charge in [0.05, 0.1) is 11.1 Å². The third kappa shape index (κ3) is 4.03. The second-order valence-electron chi connectivity index (χ2n) is 7.13. The van der Waals surface area contributed by atoms with Crippen molar-refractivity contribution in [3.05, 3.63) is 23.0 Å². The molecule has 1 fully saturated rings. The third-order valence-corrected chi connectivity index (χ3v) is 4.49. The lowest BCUT2D eigenvalue weighted by molar-refractivity contribution is 0.0135. The largest absolute Gasteiger partial charge is 0.391 e. The number of carbonyl (C=O) groups excluding carboxylic acids is 1. The van der Waals surface area contributed by atoms with Gasteiger partial charge in [-0.15, -0.1) is 0 Å². The van der Waals surface area contributed by atoms with Crippen LogP contribution < -0.4 is 0 Å². The summed E-state index contributed by atoms with van der Waals surface area (Å²) in [5.41, 5.74) is 0.500. The molecule has 1 aromatic rings. The smallest absolute Gasteiger partial charge is 0.270 e. The monoisotopic (exact) mass is 327 g/mol. The highest BCUT2D eigenvalue weighted by Gasteiger charge is 2.28. The van der Waals surface area contributed by atoms with Gasteiger partial charge in [0, 0.05) is 46.0 Å². The molecule has 22 heavy (non-hydrogen) atoms. The van der Waals surface area contributed by atoms with E-state index < -0.39 is 0 Å². The quantitative estimate of drug-likeness (QED) is 0.921. The minimum atomic E-state index is -0.360. The first-order valence-electron chi connectivity index (χ1n) is 7.70. The average molecular weight is 328 g/mol. The Hall–Kier alpha value is -1.04. The molecule has 124 valence electrons. The van der Waals surface area contributed by atoms with Gasteiger partial charge in [0.2, 0.25) is 0 Å². The molecule has 1 aromatic heterocycles. The van der Waals surface area contributed by atoms with Gasteiger partial charge in [0.1, 0.15) is 5.69 Å². The summed E-state index contributed by atoms with van der Waals surface area (Å²) >= 11 is 5.94. The molecule has 0 bridgehead atoms. The number of hydrogen-bond acceptors (Lipinski definition) is 3. The number of carbonyl (C=O) groups is 1. The van der Waals surface area contributed by atoms with E-state index in [1.165, 1.54) is 0 Å². The Morgan fingerprint density at radius 2 is 1.91 bits per heavy atom. The van der Waals surface area contributed by atoms with Crippen molar-refractivity contribution < 1.29 is 9.90 Å². The van der Waals surface area contributed by atoms with E-state index in [0.717, 1.165) is 13.1 Å². The minimum Gasteiger partial charge on any atom is -0.391 e. The van der Waals surface area contributed by atoms with E-state index in [4.69, 9.17) is 11.6 Å². The molecule has 1 atom stereocenters. The summed E-state index contributed by atoms with van der Waals surface area (Å²) in [5, 5.41) is 10.8. The van der Waals surface area contributed by atoms with E-state index in [1.807, 2.05) is 32.7 Å². The molecule has 5 nitrogen and oxygen atoms in total. The van der Waals surface area contributed by atoms with Crippen LogP contribution in [0.15, 0.2) is 12.3 Å². The predicted molar refractivity (Wildman–Crippen MR) is 88.2 cm³/mol. The van der Waals surface area contributed by atoms with Gasteiger partial charge in [0.15, 0.2) is 0 Å². The topological polar surface area (TPSA) is 48.7 Å². The number of amides is 1. The summed E-state index contributed by atoms with van der Waals surface area (Å²) < 4.78 is 1.76. The van der Waals surface area contributed by atoms with Gasteiger partial charge in [-0.1, -0.05) is 32.4 Å². The number of β-amino-alcohol motifs (C(OH)–C–C–N with tert-alkyl or cyclic N) is 1. The van der Waals surface area contributed by atoms with Crippen LogP contribution in [0, 0.1) is 5.41 Å². The van der Waals surface area contributed by atoms with Gasteiger partial charge in [-0.2, -0.15) is 0 Å². The predicted octanol–water partition coefficient (Wildman–Crippen LogP) is 1.84. The molecule has 1 aliphatic heterocycles.